The number of carbonyl (C=O) groups excluding carboxylic acids is 2. The van der Waals surface area contributed by atoms with Crippen LogP contribution in [0.2, 0.25) is 0 Å². The van der Waals surface area contributed by atoms with E-state index in [9.17, 15) is 14.7 Å². The van der Waals surface area contributed by atoms with E-state index in [2.05, 4.69) is 27.2 Å². The molecule has 2 amide bonds. The highest BCUT2D eigenvalue weighted by molar-refractivity contribution is 7.23. The fraction of sp³-hybridized carbons (Fsp3) is 0.179. The molecule has 5 aromatic rings. The van der Waals surface area contributed by atoms with Gasteiger partial charge in [-0.1, -0.05) is 64.9 Å². The Kier molecular flexibility index (Phi) is 6.54. The van der Waals surface area contributed by atoms with E-state index in [0.717, 1.165) is 38.4 Å². The molecule has 0 aliphatic carbocycles. The zero-order valence-electron chi connectivity index (χ0n) is 20.0. The average molecular weight is 499 g/mol. The summed E-state index contributed by atoms with van der Waals surface area (Å²) in [4.78, 5) is 30.9. The zero-order chi connectivity index (χ0) is 25.2. The largest absolute Gasteiger partial charge is 0.394 e. The topological polar surface area (TPSA) is 95.7 Å². The second-order valence-electron chi connectivity index (χ2n) is 8.89. The van der Waals surface area contributed by atoms with Crippen molar-refractivity contribution in [2.24, 2.45) is 0 Å². The number of aliphatic hydroxyl groups excluding tert-OH is 1. The van der Waals surface area contributed by atoms with Gasteiger partial charge in [0.15, 0.2) is 4.96 Å². The van der Waals surface area contributed by atoms with Gasteiger partial charge in [-0.25, -0.2) is 4.98 Å². The first-order valence-electron chi connectivity index (χ1n) is 11.6. The fourth-order valence-electron chi connectivity index (χ4n) is 4.34. The maximum Gasteiger partial charge on any atom is 0.249 e. The Balaban J connectivity index is 1.23. The van der Waals surface area contributed by atoms with Gasteiger partial charge in [-0.3, -0.25) is 14.0 Å². The van der Waals surface area contributed by atoms with Gasteiger partial charge < -0.3 is 15.7 Å². The molecule has 1 atom stereocenters. The van der Waals surface area contributed by atoms with Crippen LogP contribution >= 0.6 is 11.3 Å². The number of carbonyl (C=O) groups is 2. The number of aryl methyl sites for hydroxylation is 2. The van der Waals surface area contributed by atoms with Gasteiger partial charge in [0, 0.05) is 17.4 Å². The number of aliphatic hydroxyl groups is 1. The van der Waals surface area contributed by atoms with E-state index in [4.69, 9.17) is 4.98 Å². The van der Waals surface area contributed by atoms with Gasteiger partial charge >= 0.3 is 0 Å². The Bertz CT molecular complexity index is 1550. The molecule has 1 unspecified atom stereocenters. The molecule has 0 radical (unpaired) electrons. The maximum atomic E-state index is 12.7. The highest BCUT2D eigenvalue weighted by Gasteiger charge is 2.20. The minimum atomic E-state index is -1.05. The summed E-state index contributed by atoms with van der Waals surface area (Å²) in [6, 6.07) is 20.4. The molecule has 36 heavy (non-hydrogen) atoms. The number of para-hydroxylation sites is 1. The summed E-state index contributed by atoms with van der Waals surface area (Å²) in [5.41, 5.74) is 6.46. The molecule has 3 N–H and O–H groups in total. The third-order valence-corrected chi connectivity index (χ3v) is 6.96. The van der Waals surface area contributed by atoms with E-state index < -0.39 is 18.6 Å². The molecule has 2 aromatic heterocycles. The number of aromatic nitrogens is 2. The average Bonchev–Trinajstić information content (AvgIpc) is 3.40. The van der Waals surface area contributed by atoms with Crippen LogP contribution in [0.5, 0.6) is 0 Å². The molecule has 0 fully saturated rings. The quantitative estimate of drug-likeness (QED) is 0.308. The summed E-state index contributed by atoms with van der Waals surface area (Å²) < 4.78 is 3.27. The summed E-state index contributed by atoms with van der Waals surface area (Å²) >= 11 is 1.64. The van der Waals surface area contributed by atoms with Crippen molar-refractivity contribution in [3.63, 3.8) is 0 Å². The second kappa shape index (κ2) is 9.93. The van der Waals surface area contributed by atoms with Crippen molar-refractivity contribution in [3.8, 4) is 11.3 Å². The Morgan fingerprint density at radius 3 is 2.47 bits per heavy atom. The van der Waals surface area contributed by atoms with Crippen LogP contribution in [0.1, 0.15) is 16.7 Å². The van der Waals surface area contributed by atoms with Crippen molar-refractivity contribution < 1.29 is 14.7 Å². The van der Waals surface area contributed by atoms with Crippen LogP contribution in [-0.2, 0) is 16.0 Å². The molecule has 0 aliphatic rings. The zero-order valence-corrected chi connectivity index (χ0v) is 20.8. The number of imidazole rings is 1. The number of amides is 2. The first kappa shape index (κ1) is 23.7. The number of hydrogen-bond acceptors (Lipinski definition) is 5. The standard InChI is InChI=1S/C28H26N4O3S/c1-17-11-18(2)13-19(12-17)14-26(34)30-23(16-33)27(35)29-21-9-7-20(8-10-21)22-15-32-24-5-3-4-6-25(24)36-28(32)31-22/h3-13,15,23,33H,14,16H2,1-2H3,(H,29,35)(H,30,34). The molecule has 2 heterocycles. The van der Waals surface area contributed by atoms with E-state index in [1.807, 2.05) is 62.5 Å². The number of nitrogens with zero attached hydrogens (tertiary/aromatic N) is 2. The third kappa shape index (κ3) is 5.00. The van der Waals surface area contributed by atoms with Crippen molar-refractivity contribution in [1.82, 2.24) is 14.7 Å². The molecule has 182 valence electrons. The molecule has 8 heteroatoms. The van der Waals surface area contributed by atoms with Crippen molar-refractivity contribution in [3.05, 3.63) is 89.6 Å². The lowest BCUT2D eigenvalue weighted by atomic mass is 10.0. The SMILES string of the molecule is Cc1cc(C)cc(CC(=O)NC(CO)C(=O)Nc2ccc(-c3cn4c(n3)sc3ccccc34)cc2)c1. The van der Waals surface area contributed by atoms with Gasteiger partial charge in [-0.15, -0.1) is 0 Å². The summed E-state index contributed by atoms with van der Waals surface area (Å²) in [5, 5.41) is 15.1. The van der Waals surface area contributed by atoms with Crippen molar-refractivity contribution in [2.45, 2.75) is 26.3 Å². The molecule has 0 bridgehead atoms. The van der Waals surface area contributed by atoms with Crippen molar-refractivity contribution in [2.75, 3.05) is 11.9 Å². The molecule has 0 aliphatic heterocycles. The second-order valence-corrected chi connectivity index (χ2v) is 9.90. The lowest BCUT2D eigenvalue weighted by Gasteiger charge is -2.16. The number of rotatable bonds is 7. The molecule has 3 aromatic carbocycles. The maximum absolute atomic E-state index is 12.7. The Hall–Kier alpha value is -4.01. The first-order valence-corrected chi connectivity index (χ1v) is 12.5. The number of thiazole rings is 1. The summed E-state index contributed by atoms with van der Waals surface area (Å²) in [6.07, 6.45) is 2.15. The van der Waals surface area contributed by atoms with E-state index in [1.54, 1.807) is 23.5 Å². The summed E-state index contributed by atoms with van der Waals surface area (Å²) in [5.74, 6) is -0.801. The van der Waals surface area contributed by atoms with E-state index >= 15 is 0 Å². The number of nitrogens with one attached hydrogen (secondary N) is 2. The van der Waals surface area contributed by atoms with Crippen LogP contribution < -0.4 is 10.6 Å². The number of fused-ring (bicyclic) bond motifs is 3. The molecule has 0 saturated heterocycles. The minimum Gasteiger partial charge on any atom is -0.394 e. The van der Waals surface area contributed by atoms with Gasteiger partial charge in [0.2, 0.25) is 11.8 Å². The third-order valence-electron chi connectivity index (χ3n) is 5.93. The fourth-order valence-corrected chi connectivity index (χ4v) is 5.35. The van der Waals surface area contributed by atoms with Gasteiger partial charge in [0.25, 0.3) is 0 Å². The Morgan fingerprint density at radius 2 is 1.75 bits per heavy atom. The number of benzene rings is 3. The molecule has 0 spiro atoms. The van der Waals surface area contributed by atoms with Crippen LogP contribution in [0.4, 0.5) is 5.69 Å². The number of anilines is 1. The molecule has 0 saturated carbocycles. The predicted octanol–water partition coefficient (Wildman–Crippen LogP) is 4.49. The molecule has 7 nitrogen and oxygen atoms in total. The lowest BCUT2D eigenvalue weighted by Crippen LogP contribution is -2.46. The van der Waals surface area contributed by atoms with Crippen LogP contribution in [0.15, 0.2) is 72.9 Å². The summed E-state index contributed by atoms with van der Waals surface area (Å²) in [6.45, 7) is 3.45. The van der Waals surface area contributed by atoms with Crippen molar-refractivity contribution in [1.29, 1.82) is 0 Å². The van der Waals surface area contributed by atoms with Crippen molar-refractivity contribution >= 4 is 44.0 Å². The Morgan fingerprint density at radius 1 is 1.03 bits per heavy atom. The monoisotopic (exact) mass is 498 g/mol. The Labute approximate surface area is 212 Å². The van der Waals surface area contributed by atoms with E-state index in [0.29, 0.717) is 5.69 Å². The molecular formula is C28H26N4O3S. The van der Waals surface area contributed by atoms with E-state index in [-0.39, 0.29) is 12.3 Å². The summed E-state index contributed by atoms with van der Waals surface area (Å²) in [7, 11) is 0. The smallest absolute Gasteiger partial charge is 0.249 e. The van der Waals surface area contributed by atoms with Gasteiger partial charge in [-0.05, 0) is 43.7 Å². The van der Waals surface area contributed by atoms with Crippen LogP contribution in [0.25, 0.3) is 26.4 Å². The first-order chi connectivity index (χ1) is 17.4. The normalized spacial score (nSPS) is 12.1. The minimum absolute atomic E-state index is 0.137. The lowest BCUT2D eigenvalue weighted by molar-refractivity contribution is -0.126. The molecule has 5 rings (SSSR count). The molecular weight excluding hydrogens is 472 g/mol. The number of hydrogen-bond donors (Lipinski definition) is 3. The van der Waals surface area contributed by atoms with Gasteiger partial charge in [0.05, 0.1) is 28.9 Å². The van der Waals surface area contributed by atoms with Gasteiger partial charge in [0.1, 0.15) is 6.04 Å². The van der Waals surface area contributed by atoms with Crippen LogP contribution in [0.3, 0.4) is 0 Å². The van der Waals surface area contributed by atoms with E-state index in [1.165, 1.54) is 4.70 Å². The highest BCUT2D eigenvalue weighted by Crippen LogP contribution is 2.29. The predicted molar refractivity (Wildman–Crippen MR) is 143 cm³/mol. The highest BCUT2D eigenvalue weighted by atomic mass is 32.1. The van der Waals surface area contributed by atoms with Crippen LogP contribution in [0, 0.1) is 13.8 Å². The van der Waals surface area contributed by atoms with Gasteiger partial charge in [-0.2, -0.15) is 0 Å². The van der Waals surface area contributed by atoms with Crippen LogP contribution in [-0.4, -0.2) is 39.0 Å².